The van der Waals surface area contributed by atoms with E-state index in [1.54, 1.807) is 56.1 Å². The minimum atomic E-state index is -2.51. The minimum Gasteiger partial charge on any atom is -0.507 e. The SMILES string of the molecule is CCC1OC12C(C(N)=O)C(=O)C(N(C)CC)C1CC3(N)C(C(=O)c4c(O)ccc(F)c4C3c3ccccc3)C(=O)C12O. The number of halogens is 1. The first-order valence-corrected chi connectivity index (χ1v) is 14.2. The van der Waals surface area contributed by atoms with Crippen molar-refractivity contribution in [1.29, 1.82) is 0 Å². The number of carbonyl (C=O) groups is 4. The van der Waals surface area contributed by atoms with Gasteiger partial charge in [-0.25, -0.2) is 4.39 Å². The number of primary amides is 1. The van der Waals surface area contributed by atoms with Gasteiger partial charge in [-0.3, -0.25) is 24.1 Å². The van der Waals surface area contributed by atoms with E-state index in [1.807, 2.05) is 0 Å². The molecule has 4 aliphatic rings. The number of epoxide rings is 1. The van der Waals surface area contributed by atoms with Gasteiger partial charge in [0.1, 0.15) is 29.0 Å². The molecule has 0 bridgehead atoms. The molecule has 1 heterocycles. The fraction of sp³-hybridized carbons (Fsp3) is 0.484. The number of hydrogen-bond acceptors (Lipinski definition) is 9. The van der Waals surface area contributed by atoms with Crippen LogP contribution in [0.2, 0.25) is 0 Å². The van der Waals surface area contributed by atoms with E-state index in [9.17, 15) is 29.4 Å². The Bertz CT molecular complexity index is 1530. The van der Waals surface area contributed by atoms with Crippen LogP contribution in [0.25, 0.3) is 0 Å². The molecule has 11 heteroatoms. The number of nitrogens with zero attached hydrogens (tertiary/aromatic N) is 1. The molecule has 3 fully saturated rings. The molecule has 6 N–H and O–H groups in total. The second kappa shape index (κ2) is 9.24. The molecule has 6 rings (SSSR count). The summed E-state index contributed by atoms with van der Waals surface area (Å²) < 4.78 is 21.6. The Morgan fingerprint density at radius 3 is 2.36 bits per heavy atom. The van der Waals surface area contributed by atoms with Crippen LogP contribution in [-0.4, -0.2) is 80.8 Å². The predicted octanol–water partition coefficient (Wildman–Crippen LogP) is 1.05. The number of ether oxygens (including phenoxy) is 1. The highest BCUT2D eigenvalue weighted by Crippen LogP contribution is 2.66. The maximum Gasteiger partial charge on any atom is 0.231 e. The third kappa shape index (κ3) is 3.27. The summed E-state index contributed by atoms with van der Waals surface area (Å²) in [6.45, 7) is 3.80. The summed E-state index contributed by atoms with van der Waals surface area (Å²) in [5.74, 6) is -10.7. The monoisotopic (exact) mass is 579 g/mol. The molecule has 1 amide bonds. The summed E-state index contributed by atoms with van der Waals surface area (Å²) in [5.41, 5.74) is 6.57. The average molecular weight is 580 g/mol. The normalized spacial score (nSPS) is 38.7. The van der Waals surface area contributed by atoms with E-state index in [0.29, 0.717) is 12.1 Å². The number of hydrogen-bond donors (Lipinski definition) is 4. The number of nitrogens with two attached hydrogens (primary N) is 2. The zero-order valence-electron chi connectivity index (χ0n) is 23.5. The molecule has 2 aromatic rings. The Balaban J connectivity index is 1.66. The number of Topliss-reactive ketones (excluding diaryl/α,β-unsaturated/α-hetero) is 3. The lowest BCUT2D eigenvalue weighted by molar-refractivity contribution is -0.197. The zero-order valence-corrected chi connectivity index (χ0v) is 23.5. The van der Waals surface area contributed by atoms with Gasteiger partial charge in [-0.05, 0) is 44.1 Å². The van der Waals surface area contributed by atoms with Crippen molar-refractivity contribution in [2.24, 2.45) is 29.2 Å². The number of fused-ring (bicyclic) bond motifs is 4. The van der Waals surface area contributed by atoms with Crippen molar-refractivity contribution in [3.05, 3.63) is 65.0 Å². The van der Waals surface area contributed by atoms with Gasteiger partial charge >= 0.3 is 0 Å². The van der Waals surface area contributed by atoms with Crippen LogP contribution < -0.4 is 11.5 Å². The molecular formula is C31H34FN3O7. The molecule has 1 spiro atoms. The van der Waals surface area contributed by atoms with Crippen LogP contribution in [0, 0.1) is 23.6 Å². The molecular weight excluding hydrogens is 545 g/mol. The number of phenols is 1. The molecule has 3 aliphatic carbocycles. The standard InChI is InChI=1S/C31H34FN3O7/c1-4-18-31(42-18)23(28(33)40)26(38)24(35(3)5-2)15-13-29(34)21(14-9-7-6-8-10-14)19-16(32)11-12-17(36)20(19)25(37)22(29)27(39)30(15,31)41/h6-12,15,18,21-24,36,41H,4-5,13,34H2,1-3H3,(H2,33,40). The third-order valence-electron chi connectivity index (χ3n) is 10.3. The first-order valence-electron chi connectivity index (χ1n) is 14.2. The van der Waals surface area contributed by atoms with Crippen molar-refractivity contribution in [3.63, 3.8) is 0 Å². The summed E-state index contributed by atoms with van der Waals surface area (Å²) in [6, 6.07) is 9.43. The molecule has 2 aromatic carbocycles. The van der Waals surface area contributed by atoms with Gasteiger partial charge in [0.05, 0.1) is 17.7 Å². The van der Waals surface area contributed by atoms with E-state index in [-0.39, 0.29) is 24.0 Å². The lowest BCUT2D eigenvalue weighted by atomic mass is 9.44. The Hall–Kier alpha value is -3.51. The average Bonchev–Trinajstić information content (AvgIpc) is 3.68. The molecule has 9 atom stereocenters. The topological polar surface area (TPSA) is 177 Å². The fourth-order valence-corrected chi connectivity index (χ4v) is 8.47. The van der Waals surface area contributed by atoms with Crippen molar-refractivity contribution in [1.82, 2.24) is 4.90 Å². The molecule has 1 aliphatic heterocycles. The van der Waals surface area contributed by atoms with Gasteiger partial charge in [-0.1, -0.05) is 44.2 Å². The number of ketones is 3. The number of phenolic OH excluding ortho intramolecular Hbond substituents is 1. The molecule has 9 unspecified atom stereocenters. The van der Waals surface area contributed by atoms with Crippen LogP contribution in [0.3, 0.4) is 0 Å². The molecule has 222 valence electrons. The summed E-state index contributed by atoms with van der Waals surface area (Å²) in [5, 5.41) is 23.5. The van der Waals surface area contributed by atoms with Crippen molar-refractivity contribution in [2.75, 3.05) is 13.6 Å². The van der Waals surface area contributed by atoms with Gasteiger partial charge in [0.2, 0.25) is 5.91 Å². The van der Waals surface area contributed by atoms with Crippen LogP contribution in [0.1, 0.15) is 54.1 Å². The van der Waals surface area contributed by atoms with Gasteiger partial charge in [-0.15, -0.1) is 0 Å². The fourth-order valence-electron chi connectivity index (χ4n) is 8.47. The molecule has 1 saturated heterocycles. The number of amides is 1. The zero-order chi connectivity index (χ0) is 30.5. The second-order valence-corrected chi connectivity index (χ2v) is 12.1. The molecule has 0 radical (unpaired) electrons. The molecule has 42 heavy (non-hydrogen) atoms. The second-order valence-electron chi connectivity index (χ2n) is 12.1. The number of likely N-dealkylation sites (N-methyl/N-ethyl adjacent to an activating group) is 1. The summed E-state index contributed by atoms with van der Waals surface area (Å²) in [6.07, 6.45) is -0.884. The third-order valence-corrected chi connectivity index (χ3v) is 10.3. The van der Waals surface area contributed by atoms with Crippen molar-refractivity contribution in [2.45, 2.75) is 61.5 Å². The highest BCUT2D eigenvalue weighted by molar-refractivity contribution is 6.20. The smallest absolute Gasteiger partial charge is 0.231 e. The van der Waals surface area contributed by atoms with Crippen molar-refractivity contribution < 1.29 is 38.5 Å². The quantitative estimate of drug-likeness (QED) is 0.298. The van der Waals surface area contributed by atoms with E-state index < -0.39 is 87.4 Å². The number of carbonyl (C=O) groups excluding carboxylic acids is 4. The van der Waals surface area contributed by atoms with Gasteiger partial charge in [0, 0.05) is 22.9 Å². The predicted molar refractivity (Wildman–Crippen MR) is 147 cm³/mol. The summed E-state index contributed by atoms with van der Waals surface area (Å²) >= 11 is 0. The van der Waals surface area contributed by atoms with Crippen LogP contribution in [0.15, 0.2) is 42.5 Å². The number of aliphatic hydroxyl groups is 1. The maximum atomic E-state index is 15.7. The Labute approximate surface area is 241 Å². The van der Waals surface area contributed by atoms with E-state index in [0.717, 1.165) is 12.1 Å². The van der Waals surface area contributed by atoms with E-state index in [2.05, 4.69) is 0 Å². The number of rotatable bonds is 5. The summed E-state index contributed by atoms with van der Waals surface area (Å²) in [4.78, 5) is 57.7. The Kier molecular flexibility index (Phi) is 6.29. The highest BCUT2D eigenvalue weighted by atomic mass is 19.1. The van der Waals surface area contributed by atoms with Crippen molar-refractivity contribution >= 4 is 23.3 Å². The van der Waals surface area contributed by atoms with Crippen molar-refractivity contribution in [3.8, 4) is 5.75 Å². The minimum absolute atomic E-state index is 0.149. The van der Waals surface area contributed by atoms with Gasteiger partial charge in [-0.2, -0.15) is 0 Å². The van der Waals surface area contributed by atoms with E-state index in [4.69, 9.17) is 16.2 Å². The van der Waals surface area contributed by atoms with E-state index in [1.165, 1.54) is 0 Å². The first kappa shape index (κ1) is 28.6. The summed E-state index contributed by atoms with van der Waals surface area (Å²) in [7, 11) is 1.62. The molecule has 0 aromatic heterocycles. The largest absolute Gasteiger partial charge is 0.507 e. The van der Waals surface area contributed by atoms with E-state index >= 15 is 4.39 Å². The number of aromatic hydroxyl groups is 1. The lowest BCUT2D eigenvalue weighted by Gasteiger charge is -2.61. The molecule has 2 saturated carbocycles. The van der Waals surface area contributed by atoms with Gasteiger partial charge in [0.15, 0.2) is 23.0 Å². The highest BCUT2D eigenvalue weighted by Gasteiger charge is 2.86. The Morgan fingerprint density at radius 2 is 1.79 bits per heavy atom. The first-order chi connectivity index (χ1) is 19.8. The van der Waals surface area contributed by atoms with Crippen LogP contribution >= 0.6 is 0 Å². The Morgan fingerprint density at radius 1 is 1.12 bits per heavy atom. The van der Waals surface area contributed by atoms with Gasteiger partial charge in [0.25, 0.3) is 0 Å². The van der Waals surface area contributed by atoms with Crippen LogP contribution in [0.5, 0.6) is 5.75 Å². The van der Waals surface area contributed by atoms with Crippen LogP contribution in [0.4, 0.5) is 4.39 Å². The van der Waals surface area contributed by atoms with Gasteiger partial charge < -0.3 is 26.4 Å². The lowest BCUT2D eigenvalue weighted by Crippen LogP contribution is -2.81. The number of benzene rings is 2. The van der Waals surface area contributed by atoms with Crippen LogP contribution in [-0.2, 0) is 19.1 Å². The molecule has 10 nitrogen and oxygen atoms in total. The maximum absolute atomic E-state index is 15.7.